The molecule has 0 saturated heterocycles. The van der Waals surface area contributed by atoms with Gasteiger partial charge in [0.2, 0.25) is 11.8 Å². The van der Waals surface area contributed by atoms with Crippen molar-refractivity contribution in [2.24, 2.45) is 0 Å². The van der Waals surface area contributed by atoms with Gasteiger partial charge in [0.15, 0.2) is 11.5 Å². The summed E-state index contributed by atoms with van der Waals surface area (Å²) in [4.78, 5) is 25.9. The standard InChI is InChI=1S/C21H24N2O5/c1-15(24)23(14-16-3-6-18(26-2)7-4-16)10-9-21(25)22-17-5-8-19-20(13-17)28-12-11-27-19/h3-8,13H,9-12,14H2,1-2H3,(H,22,25). The Bertz CT molecular complexity index is 835. The molecular formula is C21H24N2O5. The van der Waals surface area contributed by atoms with Crippen molar-refractivity contribution in [3.05, 3.63) is 48.0 Å². The summed E-state index contributed by atoms with van der Waals surface area (Å²) in [7, 11) is 1.61. The van der Waals surface area contributed by atoms with E-state index in [-0.39, 0.29) is 18.2 Å². The molecule has 0 aromatic heterocycles. The molecule has 3 rings (SSSR count). The quantitative estimate of drug-likeness (QED) is 0.794. The van der Waals surface area contributed by atoms with E-state index in [1.807, 2.05) is 24.3 Å². The van der Waals surface area contributed by atoms with Crippen LogP contribution in [0, 0.1) is 0 Å². The summed E-state index contributed by atoms with van der Waals surface area (Å²) >= 11 is 0. The average molecular weight is 384 g/mol. The van der Waals surface area contributed by atoms with Gasteiger partial charge in [-0.2, -0.15) is 0 Å². The number of benzene rings is 2. The molecule has 7 nitrogen and oxygen atoms in total. The number of rotatable bonds is 7. The molecule has 0 fully saturated rings. The molecule has 0 bridgehead atoms. The van der Waals surface area contributed by atoms with E-state index in [9.17, 15) is 9.59 Å². The van der Waals surface area contributed by atoms with Crippen molar-refractivity contribution in [2.45, 2.75) is 19.9 Å². The minimum absolute atomic E-state index is 0.0806. The van der Waals surface area contributed by atoms with Crippen LogP contribution in [0.1, 0.15) is 18.9 Å². The Morgan fingerprint density at radius 3 is 2.46 bits per heavy atom. The van der Waals surface area contributed by atoms with E-state index >= 15 is 0 Å². The van der Waals surface area contributed by atoms with Crippen LogP contribution in [0.4, 0.5) is 5.69 Å². The number of methoxy groups -OCH3 is 1. The summed E-state index contributed by atoms with van der Waals surface area (Å²) in [6.45, 7) is 3.29. The lowest BCUT2D eigenvalue weighted by atomic mass is 10.2. The molecule has 148 valence electrons. The average Bonchev–Trinajstić information content (AvgIpc) is 2.71. The van der Waals surface area contributed by atoms with E-state index in [4.69, 9.17) is 14.2 Å². The molecule has 28 heavy (non-hydrogen) atoms. The zero-order valence-electron chi connectivity index (χ0n) is 16.1. The Hall–Kier alpha value is -3.22. The smallest absolute Gasteiger partial charge is 0.226 e. The number of carbonyl (C=O) groups is 2. The number of carbonyl (C=O) groups excluding carboxylic acids is 2. The Morgan fingerprint density at radius 2 is 1.79 bits per heavy atom. The highest BCUT2D eigenvalue weighted by molar-refractivity contribution is 5.91. The van der Waals surface area contributed by atoms with Gasteiger partial charge in [0.05, 0.1) is 7.11 Å². The van der Waals surface area contributed by atoms with E-state index in [0.717, 1.165) is 11.3 Å². The molecule has 0 spiro atoms. The number of amides is 2. The maximum absolute atomic E-state index is 12.3. The van der Waals surface area contributed by atoms with Crippen molar-refractivity contribution < 1.29 is 23.8 Å². The highest BCUT2D eigenvalue weighted by Gasteiger charge is 2.15. The van der Waals surface area contributed by atoms with Gasteiger partial charge in [-0.1, -0.05) is 12.1 Å². The minimum atomic E-state index is -0.169. The highest BCUT2D eigenvalue weighted by Crippen LogP contribution is 2.32. The van der Waals surface area contributed by atoms with E-state index in [2.05, 4.69) is 5.32 Å². The fourth-order valence-corrected chi connectivity index (χ4v) is 2.88. The van der Waals surface area contributed by atoms with Crippen molar-refractivity contribution in [3.8, 4) is 17.2 Å². The fourth-order valence-electron chi connectivity index (χ4n) is 2.88. The molecule has 2 amide bonds. The molecular weight excluding hydrogens is 360 g/mol. The number of nitrogens with one attached hydrogen (secondary N) is 1. The largest absolute Gasteiger partial charge is 0.497 e. The van der Waals surface area contributed by atoms with Crippen molar-refractivity contribution in [1.82, 2.24) is 4.90 Å². The zero-order valence-corrected chi connectivity index (χ0v) is 16.1. The number of ether oxygens (including phenoxy) is 3. The lowest BCUT2D eigenvalue weighted by Gasteiger charge is -2.21. The van der Waals surface area contributed by atoms with Crippen LogP contribution in [0.5, 0.6) is 17.2 Å². The van der Waals surface area contributed by atoms with Gasteiger partial charge >= 0.3 is 0 Å². The van der Waals surface area contributed by atoms with E-state index < -0.39 is 0 Å². The first-order valence-corrected chi connectivity index (χ1v) is 9.13. The first-order chi connectivity index (χ1) is 13.5. The molecule has 0 unspecified atom stereocenters. The normalized spacial score (nSPS) is 12.2. The first kappa shape index (κ1) is 19.5. The monoisotopic (exact) mass is 384 g/mol. The second-order valence-electron chi connectivity index (χ2n) is 6.45. The number of nitrogens with zero attached hydrogens (tertiary/aromatic N) is 1. The summed E-state index contributed by atoms with van der Waals surface area (Å²) < 4.78 is 16.1. The Kier molecular flexibility index (Phi) is 6.37. The second-order valence-corrected chi connectivity index (χ2v) is 6.45. The van der Waals surface area contributed by atoms with Crippen molar-refractivity contribution in [2.75, 3.05) is 32.2 Å². The molecule has 7 heteroatoms. The van der Waals surface area contributed by atoms with Crippen LogP contribution >= 0.6 is 0 Å². The van der Waals surface area contributed by atoms with Gasteiger partial charge in [-0.3, -0.25) is 9.59 Å². The second kappa shape index (κ2) is 9.12. The summed E-state index contributed by atoms with van der Waals surface area (Å²) in [5, 5.41) is 2.84. The Balaban J connectivity index is 1.54. The van der Waals surface area contributed by atoms with Crippen LogP contribution in [0.15, 0.2) is 42.5 Å². The summed E-state index contributed by atoms with van der Waals surface area (Å²) in [6, 6.07) is 12.8. The third-order valence-electron chi connectivity index (χ3n) is 4.41. The molecule has 1 aliphatic heterocycles. The van der Waals surface area contributed by atoms with Crippen LogP contribution in [0.3, 0.4) is 0 Å². The third-order valence-corrected chi connectivity index (χ3v) is 4.41. The highest BCUT2D eigenvalue weighted by atomic mass is 16.6. The molecule has 0 aliphatic carbocycles. The lowest BCUT2D eigenvalue weighted by molar-refractivity contribution is -0.129. The van der Waals surface area contributed by atoms with Gasteiger partial charge < -0.3 is 24.4 Å². The van der Waals surface area contributed by atoms with Crippen molar-refractivity contribution >= 4 is 17.5 Å². The van der Waals surface area contributed by atoms with Gasteiger partial charge in [-0.05, 0) is 29.8 Å². The predicted molar refractivity (Wildman–Crippen MR) is 105 cm³/mol. The number of anilines is 1. The SMILES string of the molecule is COc1ccc(CN(CCC(=O)Nc2ccc3c(c2)OCCO3)C(C)=O)cc1. The molecule has 0 saturated carbocycles. The van der Waals surface area contributed by atoms with Crippen LogP contribution < -0.4 is 19.5 Å². The van der Waals surface area contributed by atoms with Crippen LogP contribution in [0.2, 0.25) is 0 Å². The molecule has 0 atom stereocenters. The van der Waals surface area contributed by atoms with E-state index in [1.54, 1.807) is 30.2 Å². The van der Waals surface area contributed by atoms with Gasteiger partial charge in [-0.15, -0.1) is 0 Å². The number of hydrogen-bond donors (Lipinski definition) is 1. The topological polar surface area (TPSA) is 77.1 Å². The molecule has 2 aromatic rings. The van der Waals surface area contributed by atoms with Crippen LogP contribution in [0.25, 0.3) is 0 Å². The molecule has 1 N–H and O–H groups in total. The summed E-state index contributed by atoms with van der Waals surface area (Å²) in [5.74, 6) is 1.80. The van der Waals surface area contributed by atoms with E-state index in [1.165, 1.54) is 6.92 Å². The van der Waals surface area contributed by atoms with Gasteiger partial charge in [-0.25, -0.2) is 0 Å². The minimum Gasteiger partial charge on any atom is -0.497 e. The summed E-state index contributed by atoms with van der Waals surface area (Å²) in [5.41, 5.74) is 1.61. The molecule has 2 aromatic carbocycles. The van der Waals surface area contributed by atoms with Gasteiger partial charge in [0.25, 0.3) is 0 Å². The van der Waals surface area contributed by atoms with Crippen LogP contribution in [-0.4, -0.2) is 43.6 Å². The van der Waals surface area contributed by atoms with Crippen LogP contribution in [-0.2, 0) is 16.1 Å². The summed E-state index contributed by atoms with van der Waals surface area (Å²) in [6.07, 6.45) is 0.199. The Morgan fingerprint density at radius 1 is 1.07 bits per heavy atom. The van der Waals surface area contributed by atoms with Gasteiger partial charge in [0.1, 0.15) is 19.0 Å². The number of hydrogen-bond acceptors (Lipinski definition) is 5. The maximum Gasteiger partial charge on any atom is 0.226 e. The molecule has 0 radical (unpaired) electrons. The Labute approximate surface area is 164 Å². The van der Waals surface area contributed by atoms with Crippen molar-refractivity contribution in [3.63, 3.8) is 0 Å². The fraction of sp³-hybridized carbons (Fsp3) is 0.333. The first-order valence-electron chi connectivity index (χ1n) is 9.13. The third kappa shape index (κ3) is 5.16. The van der Waals surface area contributed by atoms with Gasteiger partial charge in [0, 0.05) is 38.2 Å². The zero-order chi connectivity index (χ0) is 19.9. The predicted octanol–water partition coefficient (Wildman–Crippen LogP) is 2.84. The lowest BCUT2D eigenvalue weighted by Crippen LogP contribution is -2.31. The molecule has 1 heterocycles. The maximum atomic E-state index is 12.3. The number of fused-ring (bicyclic) bond motifs is 1. The molecule has 1 aliphatic rings. The van der Waals surface area contributed by atoms with E-state index in [0.29, 0.717) is 43.5 Å². The van der Waals surface area contributed by atoms with Crippen molar-refractivity contribution in [1.29, 1.82) is 0 Å².